The topological polar surface area (TPSA) is 18.5 Å². The Kier molecular flexibility index (Phi) is 8.64. The predicted octanol–water partition coefficient (Wildman–Crippen LogP) is 8.88. The second-order valence-electron chi connectivity index (χ2n) is 8.82. The monoisotopic (exact) mass is 514 g/mol. The van der Waals surface area contributed by atoms with E-state index in [1.807, 2.05) is 0 Å². The molecule has 0 bridgehead atoms. The van der Waals surface area contributed by atoms with Crippen LogP contribution in [-0.4, -0.2) is 13.2 Å². The first-order chi connectivity index (χ1) is 17.9. The van der Waals surface area contributed by atoms with Gasteiger partial charge in [0.1, 0.15) is 17.4 Å². The van der Waals surface area contributed by atoms with Gasteiger partial charge in [-0.15, -0.1) is 0 Å². The first-order valence-electron chi connectivity index (χ1n) is 12.2. The highest BCUT2D eigenvalue weighted by Gasteiger charge is 2.13. The molecule has 0 heterocycles. The molecule has 0 unspecified atom stereocenters. The summed E-state index contributed by atoms with van der Waals surface area (Å²) in [6, 6.07) is 16.9. The van der Waals surface area contributed by atoms with E-state index < -0.39 is 29.8 Å². The van der Waals surface area contributed by atoms with E-state index in [9.17, 15) is 17.6 Å². The summed E-state index contributed by atoms with van der Waals surface area (Å²) < 4.78 is 78.3. The van der Waals surface area contributed by atoms with Crippen molar-refractivity contribution in [3.8, 4) is 22.6 Å². The quantitative estimate of drug-likeness (QED) is 0.147. The molecule has 0 spiro atoms. The number of hydrogen-bond donors (Lipinski definition) is 0. The van der Waals surface area contributed by atoms with Crippen molar-refractivity contribution < 1.29 is 31.4 Å². The molecular formula is C30H27F5O2. The molecular weight excluding hydrogens is 487 g/mol. The Morgan fingerprint density at radius 1 is 0.784 bits per heavy atom. The van der Waals surface area contributed by atoms with Crippen molar-refractivity contribution >= 4 is 10.8 Å². The van der Waals surface area contributed by atoms with Gasteiger partial charge in [-0.2, -0.15) is 8.78 Å². The van der Waals surface area contributed by atoms with Crippen molar-refractivity contribution in [3.05, 3.63) is 95.3 Å². The van der Waals surface area contributed by atoms with Crippen LogP contribution in [0.4, 0.5) is 22.0 Å². The highest BCUT2D eigenvalue weighted by Crippen LogP contribution is 2.31. The zero-order valence-electron chi connectivity index (χ0n) is 20.4. The molecule has 37 heavy (non-hydrogen) atoms. The van der Waals surface area contributed by atoms with E-state index in [1.165, 1.54) is 12.1 Å². The van der Waals surface area contributed by atoms with Crippen molar-refractivity contribution in [2.45, 2.75) is 45.6 Å². The fourth-order valence-corrected chi connectivity index (χ4v) is 4.23. The zero-order chi connectivity index (χ0) is 26.4. The molecule has 0 saturated heterocycles. The Morgan fingerprint density at radius 3 is 2.35 bits per heavy atom. The Balaban J connectivity index is 1.48. The molecule has 0 amide bonds. The summed E-state index contributed by atoms with van der Waals surface area (Å²) in [5.41, 5.74) is 1.98. The maximum absolute atomic E-state index is 15.2. The van der Waals surface area contributed by atoms with E-state index in [0.717, 1.165) is 31.4 Å². The molecule has 0 fully saturated rings. The van der Waals surface area contributed by atoms with Gasteiger partial charge in [0.2, 0.25) is 0 Å². The minimum atomic E-state index is -3.11. The molecule has 4 aromatic rings. The summed E-state index contributed by atoms with van der Waals surface area (Å²) in [6.45, 7) is -0.471. The lowest BCUT2D eigenvalue weighted by molar-refractivity contribution is -0.0522. The van der Waals surface area contributed by atoms with Gasteiger partial charge in [0.05, 0.1) is 6.61 Å². The molecule has 0 saturated carbocycles. The average Bonchev–Trinajstić information content (AvgIpc) is 2.87. The molecule has 0 atom stereocenters. The summed E-state index contributed by atoms with van der Waals surface area (Å²) in [7, 11) is 0. The van der Waals surface area contributed by atoms with Gasteiger partial charge in [-0.3, -0.25) is 0 Å². The minimum absolute atomic E-state index is 0.284. The number of fused-ring (bicyclic) bond motifs is 1. The lowest BCUT2D eigenvalue weighted by atomic mass is 9.97. The fraction of sp³-hybridized carbons (Fsp3) is 0.267. The Hall–Kier alpha value is -3.61. The molecule has 4 aromatic carbocycles. The lowest BCUT2D eigenvalue weighted by Gasteiger charge is -2.11. The van der Waals surface area contributed by atoms with Crippen molar-refractivity contribution in [1.82, 2.24) is 0 Å². The number of rotatable bonds is 11. The maximum Gasteiger partial charge on any atom is 0.387 e. The standard InChI is InChI=1S/C30H27F5O2/c1-2-3-4-15-36-23-11-13-24(26(31)18-23)21-10-12-25-22(17-21)9-8-20(29(25)33)7-5-19-6-14-28(27(32)16-19)37-30(34)35/h6,8-14,16-18,30H,2-5,7,15H2,1H3. The third-order valence-electron chi connectivity index (χ3n) is 6.20. The number of benzene rings is 4. The summed E-state index contributed by atoms with van der Waals surface area (Å²) in [6.07, 6.45) is 3.64. The second kappa shape index (κ2) is 12.1. The van der Waals surface area contributed by atoms with E-state index in [0.29, 0.717) is 51.8 Å². The van der Waals surface area contributed by atoms with E-state index in [1.54, 1.807) is 42.5 Å². The van der Waals surface area contributed by atoms with Gasteiger partial charge in [0, 0.05) is 17.0 Å². The van der Waals surface area contributed by atoms with Crippen LogP contribution >= 0.6 is 0 Å². The first-order valence-corrected chi connectivity index (χ1v) is 12.2. The zero-order valence-corrected chi connectivity index (χ0v) is 20.4. The minimum Gasteiger partial charge on any atom is -0.493 e. The van der Waals surface area contributed by atoms with Crippen molar-refractivity contribution in [1.29, 1.82) is 0 Å². The van der Waals surface area contributed by atoms with Crippen molar-refractivity contribution in [3.63, 3.8) is 0 Å². The van der Waals surface area contributed by atoms with Crippen molar-refractivity contribution in [2.24, 2.45) is 0 Å². The molecule has 0 radical (unpaired) electrons. The summed E-state index contributed by atoms with van der Waals surface area (Å²) >= 11 is 0. The van der Waals surface area contributed by atoms with Crippen LogP contribution in [0.2, 0.25) is 0 Å². The fourth-order valence-electron chi connectivity index (χ4n) is 4.23. The van der Waals surface area contributed by atoms with Crippen LogP contribution in [0.15, 0.2) is 66.7 Å². The van der Waals surface area contributed by atoms with Gasteiger partial charge >= 0.3 is 6.61 Å². The Labute approximate surface area is 212 Å². The summed E-state index contributed by atoms with van der Waals surface area (Å²) in [5, 5.41) is 1.02. The number of aryl methyl sites for hydroxylation is 2. The molecule has 4 rings (SSSR count). The van der Waals surface area contributed by atoms with Gasteiger partial charge in [0.25, 0.3) is 0 Å². The molecule has 0 N–H and O–H groups in total. The number of unbranched alkanes of at least 4 members (excludes halogenated alkanes) is 2. The third kappa shape index (κ3) is 6.59. The Bertz CT molecular complexity index is 1370. The van der Waals surface area contributed by atoms with Crippen LogP contribution in [0.5, 0.6) is 11.5 Å². The first kappa shape index (κ1) is 26.5. The van der Waals surface area contributed by atoms with E-state index in [4.69, 9.17) is 4.74 Å². The summed E-state index contributed by atoms with van der Waals surface area (Å²) in [5.74, 6) is -1.77. The molecule has 0 aliphatic carbocycles. The highest BCUT2D eigenvalue weighted by molar-refractivity contribution is 5.88. The maximum atomic E-state index is 15.2. The van der Waals surface area contributed by atoms with Gasteiger partial charge in [-0.1, -0.05) is 50.1 Å². The molecule has 2 nitrogen and oxygen atoms in total. The number of halogens is 5. The van der Waals surface area contributed by atoms with Gasteiger partial charge in [-0.05, 0) is 71.7 Å². The molecule has 7 heteroatoms. The van der Waals surface area contributed by atoms with Crippen LogP contribution < -0.4 is 9.47 Å². The smallest absolute Gasteiger partial charge is 0.387 e. The molecule has 194 valence electrons. The highest BCUT2D eigenvalue weighted by atomic mass is 19.3. The second-order valence-corrected chi connectivity index (χ2v) is 8.82. The van der Waals surface area contributed by atoms with Crippen LogP contribution in [0, 0.1) is 17.5 Å². The van der Waals surface area contributed by atoms with Crippen LogP contribution in [0.3, 0.4) is 0 Å². The average molecular weight is 515 g/mol. The van der Waals surface area contributed by atoms with Crippen molar-refractivity contribution in [2.75, 3.05) is 6.61 Å². The number of ether oxygens (including phenoxy) is 2. The third-order valence-corrected chi connectivity index (χ3v) is 6.20. The van der Waals surface area contributed by atoms with Gasteiger partial charge in [-0.25, -0.2) is 13.2 Å². The largest absolute Gasteiger partial charge is 0.493 e. The van der Waals surface area contributed by atoms with Crippen LogP contribution in [-0.2, 0) is 12.8 Å². The van der Waals surface area contributed by atoms with E-state index in [2.05, 4.69) is 11.7 Å². The SMILES string of the molecule is CCCCCOc1ccc(-c2ccc3c(F)c(CCc4ccc(OC(F)F)c(F)c4)ccc3c2)c(F)c1. The van der Waals surface area contributed by atoms with Gasteiger partial charge in [0.15, 0.2) is 11.6 Å². The summed E-state index contributed by atoms with van der Waals surface area (Å²) in [4.78, 5) is 0. The van der Waals surface area contributed by atoms with E-state index in [-0.39, 0.29) is 6.42 Å². The van der Waals surface area contributed by atoms with E-state index >= 15 is 4.39 Å². The Morgan fingerprint density at radius 2 is 1.62 bits per heavy atom. The van der Waals surface area contributed by atoms with Gasteiger partial charge < -0.3 is 9.47 Å². The van der Waals surface area contributed by atoms with Crippen LogP contribution in [0.25, 0.3) is 21.9 Å². The lowest BCUT2D eigenvalue weighted by Crippen LogP contribution is -2.04. The molecule has 0 aliphatic heterocycles. The predicted molar refractivity (Wildman–Crippen MR) is 135 cm³/mol. The number of alkyl halides is 2. The van der Waals surface area contributed by atoms with Crippen LogP contribution in [0.1, 0.15) is 37.3 Å². The molecule has 0 aliphatic rings. The number of hydrogen-bond acceptors (Lipinski definition) is 2. The normalized spacial score (nSPS) is 11.3. The molecule has 0 aromatic heterocycles.